The number of rotatable bonds is 8. The van der Waals surface area contributed by atoms with Gasteiger partial charge in [-0.3, -0.25) is 9.35 Å². The number of hydrogen-bond acceptors (Lipinski definition) is 5. The standard InChI is InChI=1S/C29H50O6S/c1-18(2)8-7-9-19(3)23-12-13-24-22-11-10-21-16-26(35-36(31,32)33)27(34-20(4)30)17-29(21,6)25(22)14-15-28(23,24)5/h18-19,21-27H,7-17H2,1-6H3,(H,31,32,33)/t19-,21+,22+,23-,24+,25+,26+,27+,28-,29+/m1/s1. The van der Waals surface area contributed by atoms with Crippen LogP contribution in [0.1, 0.15) is 112 Å². The van der Waals surface area contributed by atoms with Crippen LogP contribution in [0.3, 0.4) is 0 Å². The van der Waals surface area contributed by atoms with Gasteiger partial charge in [-0.1, -0.05) is 53.9 Å². The molecule has 4 aliphatic rings. The summed E-state index contributed by atoms with van der Waals surface area (Å²) < 4.78 is 43.1. The second-order valence-corrected chi connectivity index (χ2v) is 14.9. The lowest BCUT2D eigenvalue weighted by molar-refractivity contribution is -0.180. The summed E-state index contributed by atoms with van der Waals surface area (Å²) in [5.74, 6) is 4.27. The first-order chi connectivity index (χ1) is 16.7. The summed E-state index contributed by atoms with van der Waals surface area (Å²) >= 11 is 0. The Bertz CT molecular complexity index is 901. The van der Waals surface area contributed by atoms with Gasteiger partial charge in [-0.25, -0.2) is 4.18 Å². The normalized spacial score (nSPS) is 43.4. The SMILES string of the molecule is CC(=O)O[C@H]1C[C@@]2(C)[C@@H](CC[C@@H]3[C@@H]2CC[C@]2(C)[C@@H]([C@H](C)CCCC(C)C)CC[C@@H]32)C[C@@H]1OS(=O)(=O)O. The Kier molecular flexibility index (Phi) is 8.26. The highest BCUT2D eigenvalue weighted by atomic mass is 32.3. The minimum atomic E-state index is -4.61. The average molecular weight is 527 g/mol. The van der Waals surface area contributed by atoms with Crippen molar-refractivity contribution < 1.29 is 26.7 Å². The summed E-state index contributed by atoms with van der Waals surface area (Å²) in [4.78, 5) is 11.9. The summed E-state index contributed by atoms with van der Waals surface area (Å²) in [6, 6.07) is 0. The van der Waals surface area contributed by atoms with Gasteiger partial charge < -0.3 is 4.74 Å². The van der Waals surface area contributed by atoms with Crippen LogP contribution in [0.15, 0.2) is 0 Å². The van der Waals surface area contributed by atoms with E-state index in [0.29, 0.717) is 36.0 Å². The molecule has 0 heterocycles. The van der Waals surface area contributed by atoms with E-state index in [9.17, 15) is 17.8 Å². The highest BCUT2D eigenvalue weighted by molar-refractivity contribution is 7.80. The largest absolute Gasteiger partial charge is 0.460 e. The molecular weight excluding hydrogens is 476 g/mol. The average Bonchev–Trinajstić information content (AvgIpc) is 3.10. The lowest BCUT2D eigenvalue weighted by Gasteiger charge is -2.62. The minimum Gasteiger partial charge on any atom is -0.460 e. The molecule has 0 saturated heterocycles. The molecule has 0 unspecified atom stereocenters. The van der Waals surface area contributed by atoms with Crippen LogP contribution in [0.2, 0.25) is 0 Å². The Hall–Kier alpha value is -0.660. The molecule has 36 heavy (non-hydrogen) atoms. The molecule has 7 heteroatoms. The lowest BCUT2D eigenvalue weighted by atomic mass is 9.44. The molecule has 1 N–H and O–H groups in total. The van der Waals surface area contributed by atoms with Crippen molar-refractivity contribution in [3.05, 3.63) is 0 Å². The first kappa shape index (κ1) is 28.4. The lowest BCUT2D eigenvalue weighted by Crippen LogP contribution is -2.57. The Morgan fingerprint density at radius 3 is 2.31 bits per heavy atom. The fourth-order valence-corrected chi connectivity index (χ4v) is 10.4. The van der Waals surface area contributed by atoms with Crippen LogP contribution in [0, 0.1) is 52.3 Å². The van der Waals surface area contributed by atoms with Crippen molar-refractivity contribution in [1.29, 1.82) is 0 Å². The molecular formula is C29H50O6S. The van der Waals surface area contributed by atoms with Gasteiger partial charge in [0.2, 0.25) is 0 Å². The molecule has 4 saturated carbocycles. The van der Waals surface area contributed by atoms with Crippen molar-refractivity contribution in [2.24, 2.45) is 52.3 Å². The highest BCUT2D eigenvalue weighted by Gasteiger charge is 2.62. The molecule has 4 aliphatic carbocycles. The number of ether oxygens (including phenoxy) is 1. The molecule has 4 rings (SSSR count). The van der Waals surface area contributed by atoms with Crippen molar-refractivity contribution in [1.82, 2.24) is 0 Å². The van der Waals surface area contributed by atoms with E-state index >= 15 is 0 Å². The smallest absolute Gasteiger partial charge is 0.397 e. The van der Waals surface area contributed by atoms with Crippen LogP contribution in [-0.2, 0) is 24.1 Å². The second-order valence-electron chi connectivity index (χ2n) is 13.8. The maximum atomic E-state index is 11.9. The number of esters is 1. The zero-order chi connectivity index (χ0) is 26.5. The monoisotopic (exact) mass is 526 g/mol. The summed E-state index contributed by atoms with van der Waals surface area (Å²) in [7, 11) is -4.61. The maximum Gasteiger partial charge on any atom is 0.397 e. The van der Waals surface area contributed by atoms with Crippen LogP contribution >= 0.6 is 0 Å². The van der Waals surface area contributed by atoms with Gasteiger partial charge in [0.25, 0.3) is 0 Å². The molecule has 0 spiro atoms. The Morgan fingerprint density at radius 2 is 1.67 bits per heavy atom. The van der Waals surface area contributed by atoms with Crippen molar-refractivity contribution in [3.63, 3.8) is 0 Å². The molecule has 0 amide bonds. The quantitative estimate of drug-likeness (QED) is 0.275. The number of carbonyl (C=O) groups is 1. The molecule has 0 aromatic heterocycles. The number of carbonyl (C=O) groups excluding carboxylic acids is 1. The third kappa shape index (κ3) is 5.54. The van der Waals surface area contributed by atoms with Crippen LogP contribution in [0.5, 0.6) is 0 Å². The van der Waals surface area contributed by atoms with E-state index in [1.54, 1.807) is 0 Å². The van der Waals surface area contributed by atoms with E-state index in [1.165, 1.54) is 58.3 Å². The molecule has 0 aromatic carbocycles. The van der Waals surface area contributed by atoms with Crippen LogP contribution < -0.4 is 0 Å². The Morgan fingerprint density at radius 1 is 0.972 bits per heavy atom. The van der Waals surface area contributed by atoms with E-state index in [1.807, 2.05) is 0 Å². The van der Waals surface area contributed by atoms with Crippen molar-refractivity contribution in [2.45, 2.75) is 124 Å². The highest BCUT2D eigenvalue weighted by Crippen LogP contribution is 2.68. The van der Waals surface area contributed by atoms with Gasteiger partial charge in [-0.05, 0) is 104 Å². The van der Waals surface area contributed by atoms with E-state index in [2.05, 4.69) is 34.6 Å². The van der Waals surface area contributed by atoms with Crippen LogP contribution in [0.25, 0.3) is 0 Å². The van der Waals surface area contributed by atoms with Gasteiger partial charge in [0.05, 0.1) is 0 Å². The fraction of sp³-hybridized carbons (Fsp3) is 0.966. The first-order valence-electron chi connectivity index (χ1n) is 14.6. The van der Waals surface area contributed by atoms with Gasteiger partial charge >= 0.3 is 16.4 Å². The van der Waals surface area contributed by atoms with Gasteiger partial charge in [0, 0.05) is 6.92 Å². The molecule has 4 fully saturated rings. The predicted octanol–water partition coefficient (Wildman–Crippen LogP) is 6.84. The predicted molar refractivity (Wildman–Crippen MR) is 140 cm³/mol. The van der Waals surface area contributed by atoms with Crippen LogP contribution in [0.4, 0.5) is 0 Å². The van der Waals surface area contributed by atoms with Crippen molar-refractivity contribution in [3.8, 4) is 0 Å². The van der Waals surface area contributed by atoms with E-state index < -0.39 is 28.6 Å². The van der Waals surface area contributed by atoms with Crippen molar-refractivity contribution in [2.75, 3.05) is 0 Å². The zero-order valence-corrected chi connectivity index (χ0v) is 24.2. The molecule has 0 bridgehead atoms. The Balaban J connectivity index is 1.51. The molecule has 6 nitrogen and oxygen atoms in total. The fourth-order valence-electron chi connectivity index (χ4n) is 9.85. The number of hydrogen-bond donors (Lipinski definition) is 1. The first-order valence-corrected chi connectivity index (χ1v) is 15.9. The summed E-state index contributed by atoms with van der Waals surface area (Å²) in [5.41, 5.74) is 0.409. The van der Waals surface area contributed by atoms with Gasteiger partial charge in [0.1, 0.15) is 12.2 Å². The Labute approximate surface area is 219 Å². The van der Waals surface area contributed by atoms with Crippen LogP contribution in [-0.4, -0.2) is 31.1 Å². The zero-order valence-electron chi connectivity index (χ0n) is 23.4. The summed E-state index contributed by atoms with van der Waals surface area (Å²) in [6.07, 6.45) is 11.1. The molecule has 0 aliphatic heterocycles. The topological polar surface area (TPSA) is 89.9 Å². The van der Waals surface area contributed by atoms with E-state index in [0.717, 1.165) is 30.1 Å². The molecule has 0 aromatic rings. The summed E-state index contributed by atoms with van der Waals surface area (Å²) in [5, 5.41) is 0. The van der Waals surface area contributed by atoms with E-state index in [-0.39, 0.29) is 5.41 Å². The molecule has 0 radical (unpaired) electrons. The minimum absolute atomic E-state index is 0.00952. The van der Waals surface area contributed by atoms with Gasteiger partial charge in [-0.2, -0.15) is 8.42 Å². The third-order valence-corrected chi connectivity index (χ3v) is 11.9. The number of fused-ring (bicyclic) bond motifs is 5. The van der Waals surface area contributed by atoms with Crippen molar-refractivity contribution >= 4 is 16.4 Å². The van der Waals surface area contributed by atoms with Gasteiger partial charge in [-0.15, -0.1) is 0 Å². The second kappa shape index (κ2) is 10.5. The molecule has 208 valence electrons. The van der Waals surface area contributed by atoms with E-state index in [4.69, 9.17) is 8.92 Å². The van der Waals surface area contributed by atoms with Gasteiger partial charge in [0.15, 0.2) is 0 Å². The maximum absolute atomic E-state index is 11.9. The molecule has 10 atom stereocenters. The third-order valence-electron chi connectivity index (χ3n) is 11.4. The summed E-state index contributed by atoms with van der Waals surface area (Å²) in [6.45, 7) is 13.5.